The summed E-state index contributed by atoms with van der Waals surface area (Å²) in [6, 6.07) is 0. The van der Waals surface area contributed by atoms with Gasteiger partial charge >= 0.3 is 0 Å². The Labute approximate surface area is 184 Å². The first kappa shape index (κ1) is 21.7. The van der Waals surface area contributed by atoms with Gasteiger partial charge in [0.1, 0.15) is 0 Å². The fraction of sp³-hybridized carbons (Fsp3) is 1.00. The van der Waals surface area contributed by atoms with E-state index in [0.29, 0.717) is 41.1 Å². The van der Waals surface area contributed by atoms with Gasteiger partial charge in [0, 0.05) is 6.61 Å². The first-order chi connectivity index (χ1) is 14.2. The van der Waals surface area contributed by atoms with Crippen LogP contribution in [-0.2, 0) is 4.74 Å². The number of hydrogen-bond acceptors (Lipinski definition) is 3. The van der Waals surface area contributed by atoms with Gasteiger partial charge in [-0.05, 0) is 116 Å². The first-order valence-corrected chi connectivity index (χ1v) is 13.2. The molecule has 4 aliphatic carbocycles. The van der Waals surface area contributed by atoms with Gasteiger partial charge in [0.15, 0.2) is 0 Å². The van der Waals surface area contributed by atoms with E-state index in [1.54, 1.807) is 0 Å². The van der Waals surface area contributed by atoms with Crippen LogP contribution in [-0.4, -0.2) is 35.1 Å². The SMILES string of the molecule is CC1CCC([C@@H](C)[C@H]2C(O)C[C@H]3[C@@H]4CCC5CC(O)CC[C@]5(C)[C@H]4CC[C@]23C)OC1. The van der Waals surface area contributed by atoms with Crippen LogP contribution in [0.3, 0.4) is 0 Å². The maximum atomic E-state index is 11.4. The predicted molar refractivity (Wildman–Crippen MR) is 120 cm³/mol. The van der Waals surface area contributed by atoms with Crippen LogP contribution in [0, 0.1) is 52.3 Å². The second kappa shape index (κ2) is 7.73. The van der Waals surface area contributed by atoms with Gasteiger partial charge in [0.2, 0.25) is 0 Å². The summed E-state index contributed by atoms with van der Waals surface area (Å²) >= 11 is 0. The molecule has 1 heterocycles. The molecular formula is C27H46O3. The summed E-state index contributed by atoms with van der Waals surface area (Å²) in [7, 11) is 0. The van der Waals surface area contributed by atoms with E-state index in [4.69, 9.17) is 4.74 Å². The van der Waals surface area contributed by atoms with Gasteiger partial charge in [-0.25, -0.2) is 0 Å². The van der Waals surface area contributed by atoms with E-state index in [9.17, 15) is 10.2 Å². The Balaban J connectivity index is 1.37. The molecule has 30 heavy (non-hydrogen) atoms. The Morgan fingerprint density at radius 2 is 1.63 bits per heavy atom. The molecule has 4 saturated carbocycles. The quantitative estimate of drug-likeness (QED) is 0.629. The Hall–Kier alpha value is -0.120. The second-order valence-corrected chi connectivity index (χ2v) is 12.9. The van der Waals surface area contributed by atoms with Crippen molar-refractivity contribution in [2.75, 3.05) is 6.61 Å². The van der Waals surface area contributed by atoms with Gasteiger partial charge in [-0.2, -0.15) is 0 Å². The van der Waals surface area contributed by atoms with Gasteiger partial charge in [-0.3, -0.25) is 0 Å². The van der Waals surface area contributed by atoms with E-state index in [2.05, 4.69) is 27.7 Å². The third kappa shape index (κ3) is 3.24. The lowest BCUT2D eigenvalue weighted by atomic mass is 9.44. The molecule has 3 nitrogen and oxygen atoms in total. The highest BCUT2D eigenvalue weighted by Gasteiger charge is 2.63. The molecule has 0 aromatic heterocycles. The van der Waals surface area contributed by atoms with Crippen LogP contribution in [0.2, 0.25) is 0 Å². The molecule has 5 aliphatic rings. The van der Waals surface area contributed by atoms with Crippen LogP contribution in [0.15, 0.2) is 0 Å². The predicted octanol–water partition coefficient (Wildman–Crippen LogP) is 5.43. The molecule has 5 fully saturated rings. The number of aliphatic hydroxyl groups is 2. The number of aliphatic hydroxyl groups excluding tert-OH is 2. The smallest absolute Gasteiger partial charge is 0.0604 e. The van der Waals surface area contributed by atoms with E-state index < -0.39 is 0 Å². The highest BCUT2D eigenvalue weighted by atomic mass is 16.5. The number of hydrogen-bond donors (Lipinski definition) is 2. The molecule has 1 aliphatic heterocycles. The molecule has 1 saturated heterocycles. The van der Waals surface area contributed by atoms with Gasteiger partial charge < -0.3 is 14.9 Å². The molecule has 5 rings (SSSR count). The Bertz CT molecular complexity index is 628. The molecule has 12 atom stereocenters. The van der Waals surface area contributed by atoms with Crippen molar-refractivity contribution in [2.24, 2.45) is 52.3 Å². The summed E-state index contributed by atoms with van der Waals surface area (Å²) in [5.74, 6) is 4.49. The molecular weight excluding hydrogens is 372 g/mol. The van der Waals surface area contributed by atoms with Crippen molar-refractivity contribution in [2.45, 2.75) is 110 Å². The van der Waals surface area contributed by atoms with Gasteiger partial charge in [0.05, 0.1) is 18.3 Å². The molecule has 2 N–H and O–H groups in total. The highest BCUT2D eigenvalue weighted by molar-refractivity contribution is 5.12. The minimum Gasteiger partial charge on any atom is -0.393 e. The largest absolute Gasteiger partial charge is 0.393 e. The number of rotatable bonds is 2. The van der Waals surface area contributed by atoms with Gasteiger partial charge in [0.25, 0.3) is 0 Å². The topological polar surface area (TPSA) is 49.7 Å². The zero-order chi connectivity index (χ0) is 21.3. The Morgan fingerprint density at radius 3 is 2.37 bits per heavy atom. The van der Waals surface area contributed by atoms with Crippen LogP contribution < -0.4 is 0 Å². The monoisotopic (exact) mass is 418 g/mol. The lowest BCUT2D eigenvalue weighted by molar-refractivity contribution is -0.138. The number of fused-ring (bicyclic) bond motifs is 5. The third-order valence-electron chi connectivity index (χ3n) is 11.4. The van der Waals surface area contributed by atoms with Crippen LogP contribution in [0.5, 0.6) is 0 Å². The lowest BCUT2D eigenvalue weighted by Gasteiger charge is -2.61. The van der Waals surface area contributed by atoms with Crippen LogP contribution in [0.1, 0.15) is 91.9 Å². The fourth-order valence-corrected chi connectivity index (χ4v) is 9.79. The molecule has 0 bridgehead atoms. The van der Waals surface area contributed by atoms with Crippen LogP contribution in [0.25, 0.3) is 0 Å². The van der Waals surface area contributed by atoms with Crippen molar-refractivity contribution in [3.63, 3.8) is 0 Å². The van der Waals surface area contributed by atoms with Crippen molar-refractivity contribution in [1.29, 1.82) is 0 Å². The Morgan fingerprint density at radius 1 is 0.867 bits per heavy atom. The van der Waals surface area contributed by atoms with E-state index >= 15 is 0 Å². The Kier molecular flexibility index (Phi) is 5.60. The van der Waals surface area contributed by atoms with E-state index in [1.165, 1.54) is 44.9 Å². The summed E-state index contributed by atoms with van der Waals surface area (Å²) < 4.78 is 6.31. The third-order valence-corrected chi connectivity index (χ3v) is 11.4. The summed E-state index contributed by atoms with van der Waals surface area (Å²) in [6.45, 7) is 10.7. The van der Waals surface area contributed by atoms with E-state index in [0.717, 1.165) is 37.7 Å². The van der Waals surface area contributed by atoms with Crippen molar-refractivity contribution >= 4 is 0 Å². The molecule has 0 aromatic carbocycles. The number of ether oxygens (including phenoxy) is 1. The van der Waals surface area contributed by atoms with Crippen LogP contribution in [0.4, 0.5) is 0 Å². The highest BCUT2D eigenvalue weighted by Crippen LogP contribution is 2.68. The summed E-state index contributed by atoms with van der Waals surface area (Å²) in [6.07, 6.45) is 12.0. The minimum absolute atomic E-state index is 0.0646. The molecule has 0 aromatic rings. The zero-order valence-corrected chi connectivity index (χ0v) is 19.9. The summed E-state index contributed by atoms with van der Waals surface area (Å²) in [5, 5.41) is 21.6. The molecule has 0 amide bonds. The van der Waals surface area contributed by atoms with Crippen molar-refractivity contribution < 1.29 is 14.9 Å². The fourth-order valence-electron chi connectivity index (χ4n) is 9.79. The van der Waals surface area contributed by atoms with Gasteiger partial charge in [-0.1, -0.05) is 27.7 Å². The summed E-state index contributed by atoms with van der Waals surface area (Å²) in [4.78, 5) is 0. The average Bonchev–Trinajstić information content (AvgIpc) is 2.98. The molecule has 0 spiro atoms. The first-order valence-electron chi connectivity index (χ1n) is 13.2. The molecule has 0 radical (unpaired) electrons. The summed E-state index contributed by atoms with van der Waals surface area (Å²) in [5.41, 5.74) is 0.685. The van der Waals surface area contributed by atoms with Crippen molar-refractivity contribution in [3.8, 4) is 0 Å². The average molecular weight is 419 g/mol. The maximum absolute atomic E-state index is 11.4. The van der Waals surface area contributed by atoms with Gasteiger partial charge in [-0.15, -0.1) is 0 Å². The second-order valence-electron chi connectivity index (χ2n) is 12.9. The lowest BCUT2D eigenvalue weighted by Crippen LogP contribution is -2.54. The maximum Gasteiger partial charge on any atom is 0.0604 e. The molecule has 3 heteroatoms. The molecule has 172 valence electrons. The van der Waals surface area contributed by atoms with Crippen molar-refractivity contribution in [3.05, 3.63) is 0 Å². The zero-order valence-electron chi connectivity index (χ0n) is 19.9. The van der Waals surface area contributed by atoms with Crippen LogP contribution >= 0.6 is 0 Å². The minimum atomic E-state index is -0.157. The normalized spacial score (nSPS) is 57.2. The molecule has 5 unspecified atom stereocenters. The van der Waals surface area contributed by atoms with E-state index in [1.807, 2.05) is 0 Å². The van der Waals surface area contributed by atoms with Crippen molar-refractivity contribution in [1.82, 2.24) is 0 Å². The van der Waals surface area contributed by atoms with E-state index in [-0.39, 0.29) is 17.6 Å². The standard InChI is InChI=1S/C27H46O3/c1-16-5-8-24(30-15-16)17(2)25-23(29)14-22-20-7-6-18-13-19(28)9-11-26(18,3)21(20)10-12-27(22,25)4/h16-25,28-29H,5-15H2,1-4H3/t16?,17-,18?,19?,20-,21+,22+,23?,24?,25+,26+,27+/m1/s1.